The molecule has 1 atom stereocenters. The summed E-state index contributed by atoms with van der Waals surface area (Å²) in [6, 6.07) is 1.79. The molecule has 3 aromatic rings. The molecular weight excluding hydrogens is 306 g/mol. The number of imidazole rings is 1. The second-order valence-corrected chi connectivity index (χ2v) is 5.73. The van der Waals surface area contributed by atoms with E-state index in [2.05, 4.69) is 24.6 Å². The van der Waals surface area contributed by atoms with Gasteiger partial charge >= 0.3 is 0 Å². The number of amides is 1. The molecule has 0 saturated heterocycles. The largest absolute Gasteiger partial charge is 0.327 e. The van der Waals surface area contributed by atoms with Gasteiger partial charge in [0.1, 0.15) is 11.5 Å². The summed E-state index contributed by atoms with van der Waals surface area (Å²) in [5, 5.41) is 4.24. The van der Waals surface area contributed by atoms with Crippen LogP contribution in [-0.4, -0.2) is 46.7 Å². The predicted octanol–water partition coefficient (Wildman–Crippen LogP) is 1.13. The third-order valence-corrected chi connectivity index (χ3v) is 4.30. The van der Waals surface area contributed by atoms with Gasteiger partial charge in [0.05, 0.1) is 30.7 Å². The maximum atomic E-state index is 12.7. The van der Waals surface area contributed by atoms with E-state index in [1.807, 2.05) is 30.1 Å². The van der Waals surface area contributed by atoms with Crippen molar-refractivity contribution in [1.82, 2.24) is 34.2 Å². The number of carbonyl (C=O) groups excluding carboxylic acids is 1. The first-order valence-electron chi connectivity index (χ1n) is 7.83. The lowest BCUT2D eigenvalue weighted by Crippen LogP contribution is -2.42. The highest BCUT2D eigenvalue weighted by molar-refractivity contribution is 5.92. The van der Waals surface area contributed by atoms with Gasteiger partial charge in [-0.1, -0.05) is 0 Å². The second kappa shape index (κ2) is 5.88. The second-order valence-electron chi connectivity index (χ2n) is 5.73. The molecule has 1 unspecified atom stereocenters. The molecule has 0 saturated carbocycles. The molecule has 1 aliphatic rings. The van der Waals surface area contributed by atoms with E-state index < -0.39 is 0 Å². The molecule has 0 fully saturated rings. The van der Waals surface area contributed by atoms with Crippen LogP contribution in [0.4, 0.5) is 0 Å². The molecule has 0 radical (unpaired) electrons. The van der Waals surface area contributed by atoms with Crippen molar-refractivity contribution in [3.8, 4) is 0 Å². The van der Waals surface area contributed by atoms with E-state index in [4.69, 9.17) is 0 Å². The molecule has 3 aromatic heterocycles. The van der Waals surface area contributed by atoms with Crippen molar-refractivity contribution < 1.29 is 4.79 Å². The van der Waals surface area contributed by atoms with Crippen LogP contribution in [0.1, 0.15) is 35.0 Å². The van der Waals surface area contributed by atoms with Crippen molar-refractivity contribution in [1.29, 1.82) is 0 Å². The molecular formula is C16H17N7O. The van der Waals surface area contributed by atoms with Crippen LogP contribution in [0.25, 0.3) is 0 Å². The molecule has 0 aliphatic carbocycles. The van der Waals surface area contributed by atoms with Crippen LogP contribution < -0.4 is 0 Å². The summed E-state index contributed by atoms with van der Waals surface area (Å²) in [5.74, 6) is 0.777. The molecule has 4 heterocycles. The Balaban J connectivity index is 1.58. The van der Waals surface area contributed by atoms with Gasteiger partial charge in [0.25, 0.3) is 5.91 Å². The van der Waals surface area contributed by atoms with Crippen LogP contribution in [-0.2, 0) is 13.1 Å². The van der Waals surface area contributed by atoms with Gasteiger partial charge in [-0.2, -0.15) is 5.10 Å². The minimum absolute atomic E-state index is 0.111. The predicted molar refractivity (Wildman–Crippen MR) is 85.0 cm³/mol. The fourth-order valence-electron chi connectivity index (χ4n) is 3.08. The van der Waals surface area contributed by atoms with E-state index in [1.54, 1.807) is 17.3 Å². The Bertz CT molecular complexity index is 841. The summed E-state index contributed by atoms with van der Waals surface area (Å²) in [7, 11) is 0. The quantitative estimate of drug-likeness (QED) is 0.722. The minimum Gasteiger partial charge on any atom is -0.327 e. The Kier molecular flexibility index (Phi) is 3.56. The lowest BCUT2D eigenvalue weighted by molar-refractivity contribution is 0.0629. The maximum Gasteiger partial charge on any atom is 0.274 e. The van der Waals surface area contributed by atoms with Crippen LogP contribution in [0.3, 0.4) is 0 Å². The van der Waals surface area contributed by atoms with Gasteiger partial charge in [-0.05, 0) is 13.0 Å². The Morgan fingerprint density at radius 2 is 2.12 bits per heavy atom. The Morgan fingerprint density at radius 3 is 2.88 bits per heavy atom. The van der Waals surface area contributed by atoms with Crippen molar-refractivity contribution >= 4 is 5.91 Å². The average molecular weight is 323 g/mol. The first-order chi connectivity index (χ1) is 11.7. The zero-order chi connectivity index (χ0) is 16.5. The average Bonchev–Trinajstić information content (AvgIpc) is 3.27. The summed E-state index contributed by atoms with van der Waals surface area (Å²) in [6.07, 6.45) is 10.1. The third-order valence-electron chi connectivity index (χ3n) is 4.30. The van der Waals surface area contributed by atoms with Gasteiger partial charge in [-0.25, -0.2) is 9.97 Å². The topological polar surface area (TPSA) is 81.7 Å². The van der Waals surface area contributed by atoms with Gasteiger partial charge in [-0.3, -0.25) is 14.5 Å². The molecule has 1 amide bonds. The van der Waals surface area contributed by atoms with Crippen molar-refractivity contribution in [2.75, 3.05) is 6.54 Å². The first kappa shape index (κ1) is 14.6. The zero-order valence-electron chi connectivity index (χ0n) is 13.3. The highest BCUT2D eigenvalue weighted by Gasteiger charge is 2.31. The Hall–Kier alpha value is -3.03. The monoisotopic (exact) mass is 323 g/mol. The fourth-order valence-corrected chi connectivity index (χ4v) is 3.08. The molecule has 8 heteroatoms. The van der Waals surface area contributed by atoms with Crippen LogP contribution >= 0.6 is 0 Å². The number of aromatic nitrogens is 6. The van der Waals surface area contributed by atoms with E-state index in [9.17, 15) is 4.79 Å². The van der Waals surface area contributed by atoms with Crippen molar-refractivity contribution in [3.63, 3.8) is 0 Å². The molecule has 8 nitrogen and oxygen atoms in total. The van der Waals surface area contributed by atoms with Crippen molar-refractivity contribution in [2.24, 2.45) is 0 Å². The van der Waals surface area contributed by atoms with Crippen molar-refractivity contribution in [2.45, 2.75) is 26.1 Å². The number of carbonyl (C=O) groups is 1. The maximum absolute atomic E-state index is 12.7. The van der Waals surface area contributed by atoms with Crippen LogP contribution in [0.15, 0.2) is 43.2 Å². The van der Waals surface area contributed by atoms with Gasteiger partial charge in [0.15, 0.2) is 0 Å². The number of nitrogens with zero attached hydrogens (tertiary/aromatic N) is 7. The van der Waals surface area contributed by atoms with E-state index in [0.29, 0.717) is 25.3 Å². The smallest absolute Gasteiger partial charge is 0.274 e. The fraction of sp³-hybridized carbons (Fsp3) is 0.312. The van der Waals surface area contributed by atoms with E-state index in [0.717, 1.165) is 11.5 Å². The van der Waals surface area contributed by atoms with E-state index in [1.165, 1.54) is 12.4 Å². The molecule has 0 aromatic carbocycles. The first-order valence-corrected chi connectivity index (χ1v) is 7.83. The lowest BCUT2D eigenvalue weighted by Gasteiger charge is -2.34. The third kappa shape index (κ3) is 2.45. The lowest BCUT2D eigenvalue weighted by atomic mass is 10.2. The zero-order valence-corrected chi connectivity index (χ0v) is 13.3. The van der Waals surface area contributed by atoms with Gasteiger partial charge in [0.2, 0.25) is 0 Å². The molecule has 0 N–H and O–H groups in total. The molecule has 4 rings (SSSR count). The van der Waals surface area contributed by atoms with Crippen LogP contribution in [0, 0.1) is 0 Å². The Morgan fingerprint density at radius 1 is 1.21 bits per heavy atom. The standard InChI is InChI=1S/C16H17N7O/c1-12-15-19-9-13(11-21-6-2-3-20-21)23(15)8-7-22(12)16(24)14-10-17-4-5-18-14/h2-6,9-10,12H,7-8,11H2,1H3. The summed E-state index contributed by atoms with van der Waals surface area (Å²) >= 11 is 0. The molecule has 122 valence electrons. The summed E-state index contributed by atoms with van der Waals surface area (Å²) in [5.41, 5.74) is 1.45. The van der Waals surface area contributed by atoms with Crippen molar-refractivity contribution in [3.05, 3.63) is 60.5 Å². The van der Waals surface area contributed by atoms with E-state index in [-0.39, 0.29) is 11.9 Å². The van der Waals surface area contributed by atoms with Crippen LogP contribution in [0.5, 0.6) is 0 Å². The number of hydrogen-bond donors (Lipinski definition) is 0. The normalized spacial score (nSPS) is 16.9. The molecule has 0 spiro atoms. The Labute approximate surface area is 138 Å². The van der Waals surface area contributed by atoms with Gasteiger partial charge in [-0.15, -0.1) is 0 Å². The molecule has 24 heavy (non-hydrogen) atoms. The highest BCUT2D eigenvalue weighted by atomic mass is 16.2. The molecule has 1 aliphatic heterocycles. The SMILES string of the molecule is CC1c2ncc(Cn3cccn3)n2CCN1C(=O)c1cnccn1. The van der Waals surface area contributed by atoms with Crippen LogP contribution in [0.2, 0.25) is 0 Å². The number of hydrogen-bond acceptors (Lipinski definition) is 5. The minimum atomic E-state index is -0.113. The van der Waals surface area contributed by atoms with Gasteiger partial charge < -0.3 is 9.47 Å². The summed E-state index contributed by atoms with van der Waals surface area (Å²) < 4.78 is 4.04. The molecule has 0 bridgehead atoms. The number of fused-ring (bicyclic) bond motifs is 1. The van der Waals surface area contributed by atoms with Gasteiger partial charge in [0, 0.05) is 37.9 Å². The number of rotatable bonds is 3. The summed E-state index contributed by atoms with van der Waals surface area (Å²) in [4.78, 5) is 27.1. The highest BCUT2D eigenvalue weighted by Crippen LogP contribution is 2.26. The summed E-state index contributed by atoms with van der Waals surface area (Å²) in [6.45, 7) is 3.99. The van der Waals surface area contributed by atoms with E-state index >= 15 is 0 Å².